The lowest BCUT2D eigenvalue weighted by atomic mass is 9.72. The third kappa shape index (κ3) is 6.22. The summed E-state index contributed by atoms with van der Waals surface area (Å²) in [5, 5.41) is 12.6. The second-order valence-corrected chi connectivity index (χ2v) is 6.98. The molecule has 1 rings (SSSR count). The van der Waals surface area contributed by atoms with Crippen molar-refractivity contribution in [3.8, 4) is 0 Å². The van der Waals surface area contributed by atoms with Crippen molar-refractivity contribution in [1.29, 1.82) is 0 Å². The summed E-state index contributed by atoms with van der Waals surface area (Å²) < 4.78 is 4.59. The van der Waals surface area contributed by atoms with E-state index >= 15 is 0 Å². The smallest absolute Gasteiger partial charge is 0.330 e. The van der Waals surface area contributed by atoms with E-state index in [2.05, 4.69) is 35.9 Å². The summed E-state index contributed by atoms with van der Waals surface area (Å²) in [6.45, 7) is 10.3. The maximum atomic E-state index is 11.1. The molecule has 4 heteroatoms. The van der Waals surface area contributed by atoms with Crippen molar-refractivity contribution in [2.45, 2.75) is 47.5 Å². The number of nitrogens with zero attached hydrogens (tertiary/aromatic N) is 1. The molecule has 0 aliphatic heterocycles. The number of ether oxygens (including phenoxy) is 1. The van der Waals surface area contributed by atoms with E-state index in [9.17, 15) is 4.79 Å². The number of esters is 1. The molecular weight excluding hydrogens is 314 g/mol. The van der Waals surface area contributed by atoms with E-state index in [1.807, 2.05) is 39.0 Å². The molecule has 0 fully saturated rings. The molecule has 25 heavy (non-hydrogen) atoms. The maximum absolute atomic E-state index is 11.1. The first-order valence-electron chi connectivity index (χ1n) is 8.43. The van der Waals surface area contributed by atoms with Crippen molar-refractivity contribution in [1.82, 2.24) is 0 Å². The standard InChI is InChI=1S/C21H29NO3/c1-15(8-7-9-16(2)14-20(23)25-6)10-11-18-17(3)19(22-24)12-13-21(18,4)5/h7-11,14,24H,12-13H2,1-6H3/b9-7+,11-10+,15-8+,16-14-,22-19+. The van der Waals surface area contributed by atoms with Gasteiger partial charge < -0.3 is 9.94 Å². The third-order valence-corrected chi connectivity index (χ3v) is 4.45. The highest BCUT2D eigenvalue weighted by Gasteiger charge is 2.29. The minimum Gasteiger partial charge on any atom is -0.466 e. The lowest BCUT2D eigenvalue weighted by Gasteiger charge is -2.33. The van der Waals surface area contributed by atoms with Crippen LogP contribution in [0.2, 0.25) is 0 Å². The van der Waals surface area contributed by atoms with Crippen LogP contribution in [0, 0.1) is 5.41 Å². The van der Waals surface area contributed by atoms with Gasteiger partial charge in [-0.2, -0.15) is 0 Å². The zero-order valence-corrected chi connectivity index (χ0v) is 16.1. The van der Waals surface area contributed by atoms with Gasteiger partial charge in [0.2, 0.25) is 0 Å². The largest absolute Gasteiger partial charge is 0.466 e. The molecule has 0 radical (unpaired) electrons. The van der Waals surface area contributed by atoms with Crippen molar-refractivity contribution >= 4 is 11.7 Å². The van der Waals surface area contributed by atoms with E-state index in [4.69, 9.17) is 5.21 Å². The fourth-order valence-electron chi connectivity index (χ4n) is 2.81. The van der Waals surface area contributed by atoms with Crippen LogP contribution in [0.3, 0.4) is 0 Å². The minimum absolute atomic E-state index is 0.0603. The highest BCUT2D eigenvalue weighted by atomic mass is 16.5. The molecule has 0 saturated heterocycles. The van der Waals surface area contributed by atoms with E-state index in [1.54, 1.807) is 0 Å². The van der Waals surface area contributed by atoms with Crippen LogP contribution in [0.25, 0.3) is 0 Å². The molecule has 1 aliphatic rings. The van der Waals surface area contributed by atoms with Gasteiger partial charge in [0.25, 0.3) is 0 Å². The fraction of sp³-hybridized carbons (Fsp3) is 0.429. The average Bonchev–Trinajstić information content (AvgIpc) is 2.54. The molecule has 0 aromatic carbocycles. The van der Waals surface area contributed by atoms with Crippen LogP contribution in [0.4, 0.5) is 0 Å². The van der Waals surface area contributed by atoms with Crippen LogP contribution >= 0.6 is 0 Å². The van der Waals surface area contributed by atoms with Gasteiger partial charge in [-0.3, -0.25) is 0 Å². The van der Waals surface area contributed by atoms with Gasteiger partial charge in [-0.1, -0.05) is 55.0 Å². The Labute approximate surface area is 151 Å². The predicted octanol–water partition coefficient (Wildman–Crippen LogP) is 5.13. The highest BCUT2D eigenvalue weighted by Crippen LogP contribution is 2.39. The second kappa shape index (κ2) is 9.21. The molecule has 0 heterocycles. The summed E-state index contributed by atoms with van der Waals surface area (Å²) in [5.74, 6) is -0.356. The number of allylic oxidation sites excluding steroid dienone is 9. The number of rotatable bonds is 5. The number of carbonyl (C=O) groups excluding carboxylic acids is 1. The summed E-state index contributed by atoms with van der Waals surface area (Å²) >= 11 is 0. The first-order valence-corrected chi connectivity index (χ1v) is 8.43. The summed E-state index contributed by atoms with van der Waals surface area (Å²) in [6, 6.07) is 0. The molecule has 0 bridgehead atoms. The molecule has 0 spiro atoms. The SMILES string of the molecule is COC(=O)\C=C(C)/C=C/C=C(C)/C=C/C1=C(C)C(=N/O)/CCC1(C)C. The molecule has 0 atom stereocenters. The van der Waals surface area contributed by atoms with Crippen LogP contribution < -0.4 is 0 Å². The quantitative estimate of drug-likeness (QED) is 0.247. The lowest BCUT2D eigenvalue weighted by molar-refractivity contribution is -0.134. The van der Waals surface area contributed by atoms with E-state index in [0.717, 1.165) is 35.3 Å². The fourth-order valence-corrected chi connectivity index (χ4v) is 2.81. The molecule has 1 aliphatic carbocycles. The van der Waals surface area contributed by atoms with Gasteiger partial charge in [0.15, 0.2) is 0 Å². The molecule has 0 unspecified atom stereocenters. The Morgan fingerprint density at radius 3 is 2.52 bits per heavy atom. The summed E-state index contributed by atoms with van der Waals surface area (Å²) in [6.07, 6.45) is 13.1. The zero-order valence-electron chi connectivity index (χ0n) is 16.1. The Morgan fingerprint density at radius 1 is 1.24 bits per heavy atom. The van der Waals surface area contributed by atoms with Crippen molar-refractivity contribution in [3.05, 3.63) is 58.7 Å². The van der Waals surface area contributed by atoms with Crippen molar-refractivity contribution in [2.75, 3.05) is 7.11 Å². The van der Waals surface area contributed by atoms with Crippen LogP contribution in [0.1, 0.15) is 47.5 Å². The summed E-state index contributed by atoms with van der Waals surface area (Å²) in [4.78, 5) is 11.1. The van der Waals surface area contributed by atoms with Crippen LogP contribution in [0.15, 0.2) is 63.9 Å². The van der Waals surface area contributed by atoms with Crippen molar-refractivity contribution in [3.63, 3.8) is 0 Å². The van der Waals surface area contributed by atoms with Crippen molar-refractivity contribution < 1.29 is 14.7 Å². The second-order valence-electron chi connectivity index (χ2n) is 6.98. The molecule has 1 N–H and O–H groups in total. The Bertz CT molecular complexity index is 686. The number of methoxy groups -OCH3 is 1. The lowest BCUT2D eigenvalue weighted by Crippen LogP contribution is -2.24. The topological polar surface area (TPSA) is 58.9 Å². The van der Waals surface area contributed by atoms with Crippen LogP contribution in [-0.2, 0) is 9.53 Å². The maximum Gasteiger partial charge on any atom is 0.330 e. The van der Waals surface area contributed by atoms with Crippen LogP contribution in [0.5, 0.6) is 0 Å². The van der Waals surface area contributed by atoms with E-state index in [0.29, 0.717) is 0 Å². The van der Waals surface area contributed by atoms with Crippen molar-refractivity contribution in [2.24, 2.45) is 10.6 Å². The number of hydrogen-bond acceptors (Lipinski definition) is 4. The Morgan fingerprint density at radius 2 is 1.92 bits per heavy atom. The Balaban J connectivity index is 2.92. The normalized spacial score (nSPS) is 20.8. The highest BCUT2D eigenvalue weighted by molar-refractivity contribution is 6.01. The van der Waals surface area contributed by atoms with Gasteiger partial charge >= 0.3 is 5.97 Å². The number of oxime groups is 1. The first kappa shape index (κ1) is 20.7. The van der Waals surface area contributed by atoms with Gasteiger partial charge in [0, 0.05) is 6.08 Å². The number of hydrogen-bond donors (Lipinski definition) is 1. The van der Waals surface area contributed by atoms with Gasteiger partial charge in [-0.05, 0) is 55.7 Å². The molecule has 136 valence electrons. The summed E-state index contributed by atoms with van der Waals surface area (Å²) in [5.41, 5.74) is 5.00. The first-order chi connectivity index (χ1) is 11.7. The van der Waals surface area contributed by atoms with Gasteiger partial charge in [0.1, 0.15) is 0 Å². The molecular formula is C21H29NO3. The van der Waals surface area contributed by atoms with Gasteiger partial charge in [-0.25, -0.2) is 4.79 Å². The Hall–Kier alpha value is -2.36. The molecule has 0 amide bonds. The molecule has 0 saturated carbocycles. The molecule has 0 aromatic heterocycles. The van der Waals surface area contributed by atoms with E-state index in [1.165, 1.54) is 18.8 Å². The minimum atomic E-state index is -0.356. The van der Waals surface area contributed by atoms with E-state index in [-0.39, 0.29) is 11.4 Å². The van der Waals surface area contributed by atoms with E-state index < -0.39 is 0 Å². The molecule has 4 nitrogen and oxygen atoms in total. The monoisotopic (exact) mass is 343 g/mol. The van der Waals surface area contributed by atoms with Gasteiger partial charge in [0.05, 0.1) is 12.8 Å². The average molecular weight is 343 g/mol. The molecule has 0 aromatic rings. The summed E-state index contributed by atoms with van der Waals surface area (Å²) in [7, 11) is 1.36. The third-order valence-electron chi connectivity index (χ3n) is 4.45. The predicted molar refractivity (Wildman–Crippen MR) is 103 cm³/mol. The van der Waals surface area contributed by atoms with Gasteiger partial charge in [-0.15, -0.1) is 0 Å². The number of carbonyl (C=O) groups is 1. The zero-order chi connectivity index (χ0) is 19.0. The van der Waals surface area contributed by atoms with Crippen LogP contribution in [-0.4, -0.2) is 24.0 Å². The Kier molecular flexibility index (Phi) is 7.62.